The first kappa shape index (κ1) is 15.6. The molecule has 2 aromatic rings. The molecule has 0 aliphatic heterocycles. The molecule has 1 aromatic carbocycles. The second kappa shape index (κ2) is 5.53. The predicted octanol–water partition coefficient (Wildman–Crippen LogP) is 4.97. The van der Waals surface area contributed by atoms with Crippen LogP contribution in [0.3, 0.4) is 0 Å². The Morgan fingerprint density at radius 2 is 1.85 bits per heavy atom. The topological polar surface area (TPSA) is 43.8 Å². The van der Waals surface area contributed by atoms with Gasteiger partial charge in [-0.25, -0.2) is 4.98 Å². The molecule has 0 aliphatic carbocycles. The number of hydrogen-bond donors (Lipinski definition) is 1. The van der Waals surface area contributed by atoms with Crippen molar-refractivity contribution in [3.63, 3.8) is 0 Å². The number of aryl methyl sites for hydroxylation is 1. The van der Waals surface area contributed by atoms with E-state index in [0.717, 1.165) is 38.3 Å². The lowest BCUT2D eigenvalue weighted by molar-refractivity contribution is 0.389. The Morgan fingerprint density at radius 1 is 1.20 bits per heavy atom. The van der Waals surface area contributed by atoms with E-state index in [0.29, 0.717) is 0 Å². The summed E-state index contributed by atoms with van der Waals surface area (Å²) in [5.41, 5.74) is 8.16. The summed E-state index contributed by atoms with van der Waals surface area (Å²) in [6.45, 7) is 8.54. The minimum absolute atomic E-state index is 0.0761. The zero-order chi connectivity index (χ0) is 15.1. The van der Waals surface area contributed by atoms with Crippen LogP contribution in [-0.2, 0) is 12.0 Å². The van der Waals surface area contributed by atoms with Crippen molar-refractivity contribution in [2.75, 3.05) is 5.73 Å². The van der Waals surface area contributed by atoms with E-state index >= 15 is 0 Å². The first-order chi connectivity index (χ1) is 9.25. The van der Waals surface area contributed by atoms with Crippen LogP contribution >= 0.6 is 31.9 Å². The summed E-state index contributed by atoms with van der Waals surface area (Å²) in [5.74, 6) is 1.74. The number of aromatic nitrogens is 2. The highest BCUT2D eigenvalue weighted by Crippen LogP contribution is 2.34. The summed E-state index contributed by atoms with van der Waals surface area (Å²) in [6, 6.07) is 6.07. The summed E-state index contributed by atoms with van der Waals surface area (Å²) < 4.78 is 4.14. The molecule has 1 heterocycles. The van der Waals surface area contributed by atoms with E-state index in [2.05, 4.69) is 64.1 Å². The van der Waals surface area contributed by atoms with Crippen molar-refractivity contribution >= 4 is 37.7 Å². The molecule has 20 heavy (non-hydrogen) atoms. The summed E-state index contributed by atoms with van der Waals surface area (Å²) in [7, 11) is 0. The highest BCUT2D eigenvalue weighted by atomic mass is 79.9. The molecule has 0 saturated heterocycles. The SMILES string of the molecule is CCc1nc(-c2ccc(Br)c(Br)c2)c(N)n1C(C)(C)C. The fourth-order valence-corrected chi connectivity index (χ4v) is 2.95. The molecule has 0 bridgehead atoms. The van der Waals surface area contributed by atoms with Gasteiger partial charge < -0.3 is 10.3 Å². The van der Waals surface area contributed by atoms with Crippen LogP contribution in [0.4, 0.5) is 5.82 Å². The number of halogens is 2. The fraction of sp³-hybridized carbons (Fsp3) is 0.400. The Hall–Kier alpha value is -0.810. The molecule has 0 atom stereocenters. The smallest absolute Gasteiger partial charge is 0.132 e. The molecule has 108 valence electrons. The largest absolute Gasteiger partial charge is 0.383 e. The number of rotatable bonds is 2. The molecule has 0 spiro atoms. The molecular weight excluding hydrogens is 382 g/mol. The van der Waals surface area contributed by atoms with Gasteiger partial charge in [0.15, 0.2) is 0 Å². The highest BCUT2D eigenvalue weighted by Gasteiger charge is 2.23. The first-order valence-electron chi connectivity index (χ1n) is 6.58. The minimum Gasteiger partial charge on any atom is -0.383 e. The van der Waals surface area contributed by atoms with Crippen molar-refractivity contribution in [1.29, 1.82) is 0 Å². The standard InChI is InChI=1S/C15H19Br2N3/c1-5-12-19-13(14(18)20(12)15(2,3)4)9-6-7-10(16)11(17)8-9/h6-8H,5,18H2,1-4H3. The van der Waals surface area contributed by atoms with Gasteiger partial charge in [-0.1, -0.05) is 13.0 Å². The molecule has 2 rings (SSSR count). The number of hydrogen-bond acceptors (Lipinski definition) is 2. The molecule has 1 aromatic heterocycles. The normalized spacial score (nSPS) is 11.9. The third-order valence-electron chi connectivity index (χ3n) is 3.16. The minimum atomic E-state index is -0.0761. The van der Waals surface area contributed by atoms with Crippen LogP contribution < -0.4 is 5.73 Å². The quantitative estimate of drug-likeness (QED) is 0.772. The van der Waals surface area contributed by atoms with Gasteiger partial charge in [-0.05, 0) is 64.8 Å². The second-order valence-corrected chi connectivity index (χ2v) is 7.46. The Balaban J connectivity index is 2.64. The maximum Gasteiger partial charge on any atom is 0.132 e. The van der Waals surface area contributed by atoms with E-state index in [1.165, 1.54) is 0 Å². The van der Waals surface area contributed by atoms with Crippen LogP contribution in [-0.4, -0.2) is 9.55 Å². The van der Waals surface area contributed by atoms with E-state index in [4.69, 9.17) is 10.7 Å². The van der Waals surface area contributed by atoms with E-state index < -0.39 is 0 Å². The monoisotopic (exact) mass is 399 g/mol. The Bertz CT molecular complexity index is 639. The maximum absolute atomic E-state index is 6.36. The molecule has 2 N–H and O–H groups in total. The predicted molar refractivity (Wildman–Crippen MR) is 91.8 cm³/mol. The average molecular weight is 401 g/mol. The molecule has 0 fully saturated rings. The van der Waals surface area contributed by atoms with Crippen molar-refractivity contribution in [2.45, 2.75) is 39.7 Å². The van der Waals surface area contributed by atoms with Crippen LogP contribution in [0.5, 0.6) is 0 Å². The molecule has 5 heteroatoms. The second-order valence-electron chi connectivity index (χ2n) is 5.75. The first-order valence-corrected chi connectivity index (χ1v) is 8.17. The molecular formula is C15H19Br2N3. The van der Waals surface area contributed by atoms with E-state index in [-0.39, 0.29) is 5.54 Å². The van der Waals surface area contributed by atoms with E-state index in [1.54, 1.807) is 0 Å². The van der Waals surface area contributed by atoms with Crippen LogP contribution in [0.15, 0.2) is 27.1 Å². The molecule has 0 amide bonds. The van der Waals surface area contributed by atoms with Gasteiger partial charge >= 0.3 is 0 Å². The molecule has 3 nitrogen and oxygen atoms in total. The lowest BCUT2D eigenvalue weighted by Gasteiger charge is -2.24. The summed E-state index contributed by atoms with van der Waals surface area (Å²) in [5, 5.41) is 0. The lowest BCUT2D eigenvalue weighted by atomic mass is 10.1. The third-order valence-corrected chi connectivity index (χ3v) is 5.04. The number of benzene rings is 1. The van der Waals surface area contributed by atoms with Crippen molar-refractivity contribution in [1.82, 2.24) is 9.55 Å². The van der Waals surface area contributed by atoms with Crippen LogP contribution in [0.25, 0.3) is 11.3 Å². The maximum atomic E-state index is 6.36. The molecule has 0 unspecified atom stereocenters. The Labute approximate surface area is 136 Å². The van der Waals surface area contributed by atoms with Gasteiger partial charge in [0.2, 0.25) is 0 Å². The number of nitrogens with zero attached hydrogens (tertiary/aromatic N) is 2. The zero-order valence-corrected chi connectivity index (χ0v) is 15.3. The van der Waals surface area contributed by atoms with Gasteiger partial charge in [0.05, 0.1) is 0 Å². The van der Waals surface area contributed by atoms with Crippen molar-refractivity contribution in [2.24, 2.45) is 0 Å². The molecule has 0 aliphatic rings. The van der Waals surface area contributed by atoms with Gasteiger partial charge in [0, 0.05) is 26.5 Å². The van der Waals surface area contributed by atoms with Gasteiger partial charge in [-0.15, -0.1) is 0 Å². The lowest BCUT2D eigenvalue weighted by Crippen LogP contribution is -2.25. The molecule has 0 radical (unpaired) electrons. The van der Waals surface area contributed by atoms with Gasteiger partial charge in [0.1, 0.15) is 17.3 Å². The van der Waals surface area contributed by atoms with Crippen molar-refractivity contribution in [3.8, 4) is 11.3 Å². The Kier molecular flexibility index (Phi) is 4.30. The van der Waals surface area contributed by atoms with Crippen molar-refractivity contribution in [3.05, 3.63) is 33.0 Å². The van der Waals surface area contributed by atoms with Crippen molar-refractivity contribution < 1.29 is 0 Å². The zero-order valence-electron chi connectivity index (χ0n) is 12.2. The van der Waals surface area contributed by atoms with E-state index in [1.807, 2.05) is 18.2 Å². The third kappa shape index (κ3) is 2.79. The van der Waals surface area contributed by atoms with Crippen LogP contribution in [0.2, 0.25) is 0 Å². The summed E-state index contributed by atoms with van der Waals surface area (Å²) in [4.78, 5) is 4.74. The van der Waals surface area contributed by atoms with Gasteiger partial charge in [-0.3, -0.25) is 0 Å². The highest BCUT2D eigenvalue weighted by molar-refractivity contribution is 9.13. The number of nitrogen functional groups attached to an aromatic ring is 1. The number of anilines is 1. The summed E-state index contributed by atoms with van der Waals surface area (Å²) >= 11 is 7.01. The van der Waals surface area contributed by atoms with Crippen LogP contribution in [0.1, 0.15) is 33.5 Å². The van der Waals surface area contributed by atoms with Gasteiger partial charge in [-0.2, -0.15) is 0 Å². The fourth-order valence-electron chi connectivity index (χ4n) is 2.32. The van der Waals surface area contributed by atoms with Crippen LogP contribution in [0, 0.1) is 0 Å². The molecule has 0 saturated carbocycles. The number of imidazole rings is 1. The summed E-state index contributed by atoms with van der Waals surface area (Å²) in [6.07, 6.45) is 0.860. The van der Waals surface area contributed by atoms with Gasteiger partial charge in [0.25, 0.3) is 0 Å². The van der Waals surface area contributed by atoms with E-state index in [9.17, 15) is 0 Å². The average Bonchev–Trinajstić information content (AvgIpc) is 2.69. The number of nitrogens with two attached hydrogens (primary N) is 1. The Morgan fingerprint density at radius 3 is 2.30 bits per heavy atom.